The Morgan fingerprint density at radius 2 is 1.36 bits per heavy atom. The number of nitrogens with zero attached hydrogens (tertiary/aromatic N) is 2. The van der Waals surface area contributed by atoms with Crippen LogP contribution in [0.4, 0.5) is 5.69 Å². The second-order valence-corrected chi connectivity index (χ2v) is 8.62. The fraction of sp³-hybridized carbons (Fsp3) is 0. The smallest absolute Gasteiger partial charge is 0.277 e. The summed E-state index contributed by atoms with van der Waals surface area (Å²) in [7, 11) is 0. The molecule has 7 rings (SSSR count). The molecular formula is C30H18N2O4. The van der Waals surface area contributed by atoms with Gasteiger partial charge in [0.25, 0.3) is 5.69 Å². The Morgan fingerprint density at radius 1 is 0.667 bits per heavy atom. The molecule has 1 aromatic heterocycles. The van der Waals surface area contributed by atoms with E-state index in [2.05, 4.69) is 4.57 Å². The van der Waals surface area contributed by atoms with Crippen LogP contribution in [0, 0.1) is 10.1 Å². The summed E-state index contributed by atoms with van der Waals surface area (Å²) < 4.78 is 14.7. The van der Waals surface area contributed by atoms with Crippen molar-refractivity contribution in [3.63, 3.8) is 0 Å². The van der Waals surface area contributed by atoms with Crippen molar-refractivity contribution in [3.8, 4) is 39.8 Å². The van der Waals surface area contributed by atoms with E-state index in [1.54, 1.807) is 12.1 Å². The minimum Gasteiger partial charge on any atom is -0.449 e. The molecule has 172 valence electrons. The maximum Gasteiger partial charge on any atom is 0.277 e. The van der Waals surface area contributed by atoms with Crippen LogP contribution >= 0.6 is 0 Å². The van der Waals surface area contributed by atoms with E-state index in [4.69, 9.17) is 9.47 Å². The largest absolute Gasteiger partial charge is 0.449 e. The number of aromatic nitrogens is 1. The van der Waals surface area contributed by atoms with E-state index in [9.17, 15) is 10.1 Å². The average Bonchev–Trinajstić information content (AvgIpc) is 3.26. The highest BCUT2D eigenvalue weighted by Crippen LogP contribution is 2.51. The molecule has 1 aliphatic rings. The quantitative estimate of drug-likeness (QED) is 0.193. The van der Waals surface area contributed by atoms with Gasteiger partial charge in [0.2, 0.25) is 0 Å². The van der Waals surface area contributed by atoms with Crippen LogP contribution in [0.15, 0.2) is 109 Å². The molecule has 0 radical (unpaired) electrons. The number of benzene rings is 5. The zero-order valence-electron chi connectivity index (χ0n) is 18.9. The fourth-order valence-corrected chi connectivity index (χ4v) is 4.97. The third kappa shape index (κ3) is 2.98. The molecule has 0 unspecified atom stereocenters. The van der Waals surface area contributed by atoms with Gasteiger partial charge < -0.3 is 14.0 Å². The predicted molar refractivity (Wildman–Crippen MR) is 139 cm³/mol. The van der Waals surface area contributed by atoms with Gasteiger partial charge in [0.05, 0.1) is 16.0 Å². The first kappa shape index (κ1) is 20.3. The summed E-state index contributed by atoms with van der Waals surface area (Å²) in [4.78, 5) is 11.4. The molecule has 6 heteroatoms. The number of rotatable bonds is 3. The van der Waals surface area contributed by atoms with E-state index < -0.39 is 0 Å². The van der Waals surface area contributed by atoms with E-state index in [1.165, 1.54) is 6.07 Å². The number of nitro benzene ring substituents is 1. The van der Waals surface area contributed by atoms with E-state index in [0.717, 1.165) is 33.1 Å². The number of hydrogen-bond donors (Lipinski definition) is 0. The van der Waals surface area contributed by atoms with Crippen molar-refractivity contribution in [1.29, 1.82) is 0 Å². The Bertz CT molecular complexity index is 1820. The summed E-state index contributed by atoms with van der Waals surface area (Å²) in [6.07, 6.45) is 0. The molecule has 36 heavy (non-hydrogen) atoms. The average molecular weight is 470 g/mol. The van der Waals surface area contributed by atoms with E-state index in [-0.39, 0.29) is 10.6 Å². The SMILES string of the molecule is O=[N+]([O-])c1ccccc1-c1ccc2c3ccc4c(c3n(-c3ccccc3)c2c1)Oc1ccccc1O4. The minimum atomic E-state index is -0.342. The van der Waals surface area contributed by atoms with Crippen LogP contribution in [0.3, 0.4) is 0 Å². The molecule has 1 aliphatic heterocycles. The molecule has 0 spiro atoms. The van der Waals surface area contributed by atoms with E-state index >= 15 is 0 Å². The summed E-state index contributed by atoms with van der Waals surface area (Å²) in [5.41, 5.74) is 4.17. The normalized spacial score (nSPS) is 12.0. The molecule has 0 saturated carbocycles. The minimum absolute atomic E-state index is 0.0740. The van der Waals surface area contributed by atoms with Crippen molar-refractivity contribution in [1.82, 2.24) is 4.57 Å². The number of hydrogen-bond acceptors (Lipinski definition) is 4. The third-order valence-electron chi connectivity index (χ3n) is 6.56. The van der Waals surface area contributed by atoms with Crippen molar-refractivity contribution >= 4 is 27.5 Å². The molecule has 2 heterocycles. The molecule has 6 aromatic rings. The lowest BCUT2D eigenvalue weighted by molar-refractivity contribution is -0.384. The lowest BCUT2D eigenvalue weighted by atomic mass is 10.0. The highest BCUT2D eigenvalue weighted by atomic mass is 16.6. The van der Waals surface area contributed by atoms with Crippen LogP contribution in [0.25, 0.3) is 38.6 Å². The van der Waals surface area contributed by atoms with Crippen molar-refractivity contribution in [3.05, 3.63) is 119 Å². The summed E-state index contributed by atoms with van der Waals surface area (Å²) in [6, 6.07) is 34.4. The van der Waals surface area contributed by atoms with Gasteiger partial charge in [-0.25, -0.2) is 0 Å². The van der Waals surface area contributed by atoms with Crippen LogP contribution in [-0.2, 0) is 0 Å². The Labute approximate surface area is 205 Å². The lowest BCUT2D eigenvalue weighted by Crippen LogP contribution is -2.02. The molecule has 0 amide bonds. The van der Waals surface area contributed by atoms with Crippen LogP contribution in [0.5, 0.6) is 23.0 Å². The maximum absolute atomic E-state index is 11.7. The second-order valence-electron chi connectivity index (χ2n) is 8.62. The highest BCUT2D eigenvalue weighted by molar-refractivity contribution is 6.13. The van der Waals surface area contributed by atoms with Gasteiger partial charge >= 0.3 is 0 Å². The zero-order chi connectivity index (χ0) is 24.2. The van der Waals surface area contributed by atoms with E-state index in [1.807, 2.05) is 91.0 Å². The maximum atomic E-state index is 11.7. The van der Waals surface area contributed by atoms with Gasteiger partial charge in [-0.2, -0.15) is 0 Å². The van der Waals surface area contributed by atoms with Crippen molar-refractivity contribution in [2.24, 2.45) is 0 Å². The Kier molecular flexibility index (Phi) is 4.35. The van der Waals surface area contributed by atoms with Gasteiger partial charge in [-0.1, -0.05) is 54.6 Å². The van der Waals surface area contributed by atoms with Gasteiger partial charge in [-0.15, -0.1) is 0 Å². The van der Waals surface area contributed by atoms with Crippen molar-refractivity contribution in [2.75, 3.05) is 0 Å². The van der Waals surface area contributed by atoms with Crippen LogP contribution in [0.1, 0.15) is 0 Å². The lowest BCUT2D eigenvalue weighted by Gasteiger charge is -2.22. The van der Waals surface area contributed by atoms with Crippen LogP contribution < -0.4 is 9.47 Å². The number of fused-ring (bicyclic) bond motifs is 6. The molecule has 0 fully saturated rings. The zero-order valence-corrected chi connectivity index (χ0v) is 18.9. The molecular weight excluding hydrogens is 452 g/mol. The molecule has 0 bridgehead atoms. The van der Waals surface area contributed by atoms with Crippen LogP contribution in [0.2, 0.25) is 0 Å². The second kappa shape index (κ2) is 7.71. The van der Waals surface area contributed by atoms with Gasteiger partial charge in [0, 0.05) is 22.5 Å². The van der Waals surface area contributed by atoms with Gasteiger partial charge in [0.15, 0.2) is 23.0 Å². The molecule has 0 atom stereocenters. The Hall–Kier alpha value is -5.10. The topological polar surface area (TPSA) is 66.5 Å². The summed E-state index contributed by atoms with van der Waals surface area (Å²) >= 11 is 0. The predicted octanol–water partition coefficient (Wildman–Crippen LogP) is 8.26. The fourth-order valence-electron chi connectivity index (χ4n) is 4.97. The van der Waals surface area contributed by atoms with Crippen LogP contribution in [-0.4, -0.2) is 9.49 Å². The first-order valence-electron chi connectivity index (χ1n) is 11.5. The van der Waals surface area contributed by atoms with Gasteiger partial charge in [-0.3, -0.25) is 10.1 Å². The number of nitro groups is 1. The van der Waals surface area contributed by atoms with Crippen molar-refractivity contribution < 1.29 is 14.4 Å². The Balaban J connectivity index is 1.56. The molecule has 0 saturated heterocycles. The summed E-state index contributed by atoms with van der Waals surface area (Å²) in [5, 5.41) is 13.7. The number of para-hydroxylation sites is 4. The number of ether oxygens (including phenoxy) is 2. The molecule has 6 nitrogen and oxygen atoms in total. The third-order valence-corrected chi connectivity index (χ3v) is 6.56. The standard InChI is InChI=1S/C30H18N2O4/c33-32(34)24-11-5-4-10-21(24)19-14-15-22-23-16-17-28-30(36-27-13-7-6-12-26(27)35-28)29(23)31(25(22)18-19)20-8-2-1-3-9-20/h1-18H. The van der Waals surface area contributed by atoms with Gasteiger partial charge in [0.1, 0.15) is 5.52 Å². The summed E-state index contributed by atoms with van der Waals surface area (Å²) in [6.45, 7) is 0. The summed E-state index contributed by atoms with van der Waals surface area (Å²) in [5.74, 6) is 2.60. The Morgan fingerprint density at radius 3 is 2.17 bits per heavy atom. The highest BCUT2D eigenvalue weighted by Gasteiger charge is 2.26. The first-order chi connectivity index (χ1) is 17.7. The van der Waals surface area contributed by atoms with Crippen molar-refractivity contribution in [2.45, 2.75) is 0 Å². The molecule has 0 aliphatic carbocycles. The van der Waals surface area contributed by atoms with E-state index in [0.29, 0.717) is 28.6 Å². The van der Waals surface area contributed by atoms with Gasteiger partial charge in [-0.05, 0) is 54.1 Å². The molecule has 0 N–H and O–H groups in total. The first-order valence-corrected chi connectivity index (χ1v) is 11.5. The molecule has 5 aromatic carbocycles. The monoisotopic (exact) mass is 470 g/mol.